The summed E-state index contributed by atoms with van der Waals surface area (Å²) in [7, 11) is 1.99. The highest BCUT2D eigenvalue weighted by atomic mass is 16.5. The van der Waals surface area contributed by atoms with E-state index in [0.29, 0.717) is 49.0 Å². The number of imidazole rings is 1. The van der Waals surface area contributed by atoms with Crippen molar-refractivity contribution in [3.63, 3.8) is 0 Å². The number of ether oxygens (including phenoxy) is 1. The highest BCUT2D eigenvalue weighted by Gasteiger charge is 2.71. The summed E-state index contributed by atoms with van der Waals surface area (Å²) < 4.78 is 8.79. The Balaban J connectivity index is 1.22. The number of carbonyl (C=O) groups is 1. The van der Waals surface area contributed by atoms with Gasteiger partial charge in [-0.25, -0.2) is 4.98 Å². The molecule has 0 spiro atoms. The molecule has 0 radical (unpaired) electrons. The first-order valence-corrected chi connectivity index (χ1v) is 20.3. The number of rotatable bonds is 11. The van der Waals surface area contributed by atoms with E-state index in [4.69, 9.17) is 4.74 Å². The van der Waals surface area contributed by atoms with Gasteiger partial charge in [0.25, 0.3) is 0 Å². The molecule has 0 aromatic carbocycles. The van der Waals surface area contributed by atoms with Gasteiger partial charge in [-0.15, -0.1) is 0 Å². The molecule has 1 amide bonds. The molecule has 284 valence electrons. The van der Waals surface area contributed by atoms with Gasteiger partial charge < -0.3 is 19.7 Å². The van der Waals surface area contributed by atoms with E-state index in [0.717, 1.165) is 37.3 Å². The van der Waals surface area contributed by atoms with Crippen LogP contribution in [-0.2, 0) is 23.1 Å². The van der Waals surface area contributed by atoms with Gasteiger partial charge in [0.2, 0.25) is 5.91 Å². The van der Waals surface area contributed by atoms with Crippen molar-refractivity contribution in [3.05, 3.63) is 55.0 Å². The molecule has 2 N–H and O–H groups in total. The summed E-state index contributed by atoms with van der Waals surface area (Å²) in [5, 5.41) is 13.1. The van der Waals surface area contributed by atoms with Gasteiger partial charge >= 0.3 is 0 Å². The topological polar surface area (TPSA) is 76.4 Å². The van der Waals surface area contributed by atoms with Gasteiger partial charge in [0, 0.05) is 44.1 Å². The fourth-order valence-corrected chi connectivity index (χ4v) is 14.3. The summed E-state index contributed by atoms with van der Waals surface area (Å²) in [4.78, 5) is 18.2. The van der Waals surface area contributed by atoms with E-state index in [2.05, 4.69) is 85.4 Å². The van der Waals surface area contributed by atoms with Gasteiger partial charge in [-0.05, 0) is 128 Å². The molecular formula is C45H71N3O3. The summed E-state index contributed by atoms with van der Waals surface area (Å²) in [5.74, 6) is 5.08. The number of aromatic nitrogens is 2. The van der Waals surface area contributed by atoms with E-state index in [1.165, 1.54) is 50.5 Å². The zero-order valence-corrected chi connectivity index (χ0v) is 33.8. The number of aliphatic hydroxyl groups excluding tert-OH is 1. The van der Waals surface area contributed by atoms with Crippen molar-refractivity contribution < 1.29 is 14.6 Å². The molecular weight excluding hydrogens is 631 g/mol. The normalized spacial score (nSPS) is 39.9. The standard InChI is InChI=1S/C45H71N3O3/c1-29(2)32-15-20-45(27-38(50)47-28-37-46-23-24-48(37)12)22-21-43(10)33(39(32)45)13-14-35-42(9)18-17-36(41(7,8)34(42)16-19-44(35,43)11)51-31(4)26-40(5,6)25-30(3)49/h23-24,32-36,39,49H,1,3-4,13-22,25-28H2,2,5-12H3,(H,47,50)/t32-,33+,34?,35?,36-,39?,42-,43+,44+,45+/m0/s1. The largest absolute Gasteiger partial charge is 0.513 e. The van der Waals surface area contributed by atoms with E-state index >= 15 is 0 Å². The first-order chi connectivity index (χ1) is 23.7. The maximum absolute atomic E-state index is 13.7. The summed E-state index contributed by atoms with van der Waals surface area (Å²) in [6, 6.07) is 0. The Hall–Kier alpha value is -2.50. The summed E-state index contributed by atoms with van der Waals surface area (Å²) in [6.07, 6.45) is 17.8. The number of amides is 1. The molecule has 1 heterocycles. The van der Waals surface area contributed by atoms with Crippen LogP contribution >= 0.6 is 0 Å². The molecule has 0 saturated heterocycles. The SMILES string of the molecule is C=C(O)CC(C)(C)CC(=C)O[C@H]1CC[C@@]2(C)C(CC[C@]3(C)C2CC[C@@H]2C4[C@H](C(=C)C)CC[C@]4(CC(=O)NCc4nccn4C)CC[C@]23C)C1(C)C. The van der Waals surface area contributed by atoms with Crippen molar-refractivity contribution in [2.45, 2.75) is 152 Å². The molecule has 6 rings (SSSR count). The van der Waals surface area contributed by atoms with Crippen LogP contribution in [0.1, 0.15) is 145 Å². The number of nitrogens with zero attached hydrogens (tertiary/aromatic N) is 2. The first kappa shape index (κ1) is 38.2. The van der Waals surface area contributed by atoms with Crippen LogP contribution in [0.2, 0.25) is 0 Å². The van der Waals surface area contributed by atoms with Gasteiger partial charge in [-0.2, -0.15) is 0 Å². The van der Waals surface area contributed by atoms with Crippen LogP contribution in [0.25, 0.3) is 0 Å². The third kappa shape index (κ3) is 6.34. The van der Waals surface area contributed by atoms with Crippen molar-refractivity contribution in [2.24, 2.45) is 69.1 Å². The van der Waals surface area contributed by atoms with E-state index in [1.54, 1.807) is 6.20 Å². The van der Waals surface area contributed by atoms with Crippen molar-refractivity contribution in [1.29, 1.82) is 0 Å². The molecule has 51 heavy (non-hydrogen) atoms. The smallest absolute Gasteiger partial charge is 0.220 e. The fourth-order valence-electron chi connectivity index (χ4n) is 14.3. The maximum atomic E-state index is 13.7. The van der Waals surface area contributed by atoms with Crippen LogP contribution in [0, 0.1) is 62.1 Å². The Kier molecular flexibility index (Phi) is 9.83. The van der Waals surface area contributed by atoms with E-state index in [1.807, 2.05) is 17.8 Å². The van der Waals surface area contributed by atoms with Crippen LogP contribution in [0.5, 0.6) is 0 Å². The molecule has 0 bridgehead atoms. The predicted molar refractivity (Wildman–Crippen MR) is 207 cm³/mol. The molecule has 1 aromatic rings. The molecule has 5 aliphatic carbocycles. The second-order valence-corrected chi connectivity index (χ2v) is 20.5. The number of carbonyl (C=O) groups excluding carboxylic acids is 1. The van der Waals surface area contributed by atoms with Gasteiger partial charge in [0.15, 0.2) is 0 Å². The highest BCUT2D eigenvalue weighted by molar-refractivity contribution is 5.76. The third-order valence-corrected chi connectivity index (χ3v) is 16.7. The van der Waals surface area contributed by atoms with Crippen molar-refractivity contribution in [1.82, 2.24) is 14.9 Å². The lowest BCUT2D eigenvalue weighted by Crippen LogP contribution is -2.66. The van der Waals surface area contributed by atoms with E-state index < -0.39 is 0 Å². The number of aliphatic hydroxyl groups is 1. The summed E-state index contributed by atoms with van der Waals surface area (Å²) in [5.41, 5.74) is 2.06. The third-order valence-electron chi connectivity index (χ3n) is 16.7. The lowest BCUT2D eigenvalue weighted by Gasteiger charge is -2.73. The number of hydrogen-bond donors (Lipinski definition) is 2. The zero-order chi connectivity index (χ0) is 37.4. The molecule has 5 aliphatic rings. The molecule has 6 nitrogen and oxygen atoms in total. The number of fused-ring (bicyclic) bond motifs is 7. The lowest BCUT2D eigenvalue weighted by molar-refractivity contribution is -0.249. The fraction of sp³-hybridized carbons (Fsp3) is 0.778. The molecule has 6 heteroatoms. The maximum Gasteiger partial charge on any atom is 0.220 e. The average Bonchev–Trinajstić information content (AvgIpc) is 3.60. The molecule has 5 fully saturated rings. The minimum Gasteiger partial charge on any atom is -0.513 e. The molecule has 3 unspecified atom stereocenters. The predicted octanol–water partition coefficient (Wildman–Crippen LogP) is 10.9. The second-order valence-electron chi connectivity index (χ2n) is 20.5. The Morgan fingerprint density at radius 3 is 2.33 bits per heavy atom. The molecule has 5 saturated carbocycles. The number of hydrogen-bond acceptors (Lipinski definition) is 4. The zero-order valence-electron chi connectivity index (χ0n) is 33.8. The summed E-state index contributed by atoms with van der Waals surface area (Å²) in [6.45, 7) is 32.8. The van der Waals surface area contributed by atoms with Gasteiger partial charge in [-0.3, -0.25) is 4.79 Å². The van der Waals surface area contributed by atoms with Crippen molar-refractivity contribution >= 4 is 5.91 Å². The summed E-state index contributed by atoms with van der Waals surface area (Å²) >= 11 is 0. The Bertz CT molecular complexity index is 1540. The van der Waals surface area contributed by atoms with Crippen molar-refractivity contribution in [2.75, 3.05) is 0 Å². The highest BCUT2D eigenvalue weighted by Crippen LogP contribution is 2.78. The van der Waals surface area contributed by atoms with E-state index in [9.17, 15) is 9.90 Å². The second kappa shape index (κ2) is 13.1. The number of allylic oxidation sites excluding steroid dienone is 3. The quantitative estimate of drug-likeness (QED) is 0.178. The first-order valence-electron chi connectivity index (χ1n) is 20.3. The van der Waals surface area contributed by atoms with Crippen LogP contribution in [0.3, 0.4) is 0 Å². The van der Waals surface area contributed by atoms with Gasteiger partial charge in [0.05, 0.1) is 18.1 Å². The minimum absolute atomic E-state index is 0.0419. The van der Waals surface area contributed by atoms with Crippen LogP contribution in [-0.4, -0.2) is 26.7 Å². The molecule has 0 aliphatic heterocycles. The van der Waals surface area contributed by atoms with Crippen molar-refractivity contribution in [3.8, 4) is 0 Å². The van der Waals surface area contributed by atoms with Gasteiger partial charge in [0.1, 0.15) is 11.9 Å². The monoisotopic (exact) mass is 702 g/mol. The number of nitrogens with one attached hydrogen (secondary N) is 1. The Morgan fingerprint density at radius 2 is 1.69 bits per heavy atom. The van der Waals surface area contributed by atoms with Crippen LogP contribution in [0.15, 0.2) is 49.2 Å². The van der Waals surface area contributed by atoms with Crippen LogP contribution in [0.4, 0.5) is 0 Å². The minimum atomic E-state index is -0.139. The molecule has 1 aromatic heterocycles. The Labute approximate surface area is 310 Å². The molecule has 10 atom stereocenters. The Morgan fingerprint density at radius 1 is 0.961 bits per heavy atom. The van der Waals surface area contributed by atoms with Gasteiger partial charge in [-0.1, -0.05) is 73.8 Å². The lowest BCUT2D eigenvalue weighted by atomic mass is 9.32. The van der Waals surface area contributed by atoms with Crippen LogP contribution < -0.4 is 5.32 Å². The average molecular weight is 702 g/mol. The number of aryl methyl sites for hydroxylation is 1. The van der Waals surface area contributed by atoms with E-state index in [-0.39, 0.29) is 50.3 Å².